The van der Waals surface area contributed by atoms with E-state index in [9.17, 15) is 8.78 Å². The molecule has 0 saturated carbocycles. The minimum absolute atomic E-state index is 0.214. The molecule has 2 aromatic carbocycles. The number of alkyl halides is 3. The van der Waals surface area contributed by atoms with Crippen LogP contribution in [-0.4, -0.2) is 31.9 Å². The molecule has 0 N–H and O–H groups in total. The smallest absolute Gasteiger partial charge is 0.162 e. The number of hydrogen-bond acceptors (Lipinski definition) is 2. The highest BCUT2D eigenvalue weighted by Crippen LogP contribution is 2.33. The lowest BCUT2D eigenvalue weighted by molar-refractivity contribution is 0.166. The van der Waals surface area contributed by atoms with Crippen LogP contribution in [0.5, 0.6) is 11.5 Å². The molecule has 26 heavy (non-hydrogen) atoms. The first-order valence-corrected chi connectivity index (χ1v) is 9.23. The molecule has 0 saturated heterocycles. The average Bonchev–Trinajstić information content (AvgIpc) is 2.67. The lowest BCUT2D eigenvalue weighted by Gasteiger charge is -2.26. The first-order chi connectivity index (χ1) is 12.5. The Kier molecular flexibility index (Phi) is 7.70. The van der Waals surface area contributed by atoms with E-state index in [4.69, 9.17) is 21.1 Å². The fourth-order valence-electron chi connectivity index (χ4n) is 2.58. The molecule has 0 amide bonds. The standard InChI is InChI=1S/C21H25ClF2O2/c1-21(2,16-4-8-19(9-5-16)25-13-3-12-22)17-6-10-20(11-7-17)26-15-18(24)14-23/h4-11,18H,3,12-15H2,1-2H3/t18-/m1/s1. The summed E-state index contributed by atoms with van der Waals surface area (Å²) < 4.78 is 36.0. The zero-order chi connectivity index (χ0) is 19.0. The molecular weight excluding hydrogens is 358 g/mol. The summed E-state index contributed by atoms with van der Waals surface area (Å²) in [4.78, 5) is 0. The molecule has 0 aromatic heterocycles. The van der Waals surface area contributed by atoms with E-state index in [1.807, 2.05) is 24.3 Å². The maximum absolute atomic E-state index is 12.9. The van der Waals surface area contributed by atoms with Gasteiger partial charge in [-0.3, -0.25) is 0 Å². The molecule has 0 aliphatic carbocycles. The largest absolute Gasteiger partial charge is 0.494 e. The van der Waals surface area contributed by atoms with Crippen molar-refractivity contribution in [2.24, 2.45) is 0 Å². The molecule has 2 nitrogen and oxygen atoms in total. The summed E-state index contributed by atoms with van der Waals surface area (Å²) in [6.45, 7) is 3.57. The molecule has 142 valence electrons. The molecule has 5 heteroatoms. The topological polar surface area (TPSA) is 18.5 Å². The number of halogens is 3. The summed E-state index contributed by atoms with van der Waals surface area (Å²) in [6.07, 6.45) is -0.770. The summed E-state index contributed by atoms with van der Waals surface area (Å²) in [5.41, 5.74) is 2.04. The van der Waals surface area contributed by atoms with Gasteiger partial charge in [0.15, 0.2) is 6.17 Å². The quantitative estimate of drug-likeness (QED) is 0.387. The van der Waals surface area contributed by atoms with Crippen LogP contribution in [0, 0.1) is 0 Å². The number of hydrogen-bond donors (Lipinski definition) is 0. The molecule has 2 aromatic rings. The Morgan fingerprint density at radius 1 is 0.923 bits per heavy atom. The van der Waals surface area contributed by atoms with E-state index >= 15 is 0 Å². The van der Waals surface area contributed by atoms with E-state index in [1.165, 1.54) is 0 Å². The van der Waals surface area contributed by atoms with Crippen molar-refractivity contribution in [3.8, 4) is 11.5 Å². The number of rotatable bonds is 10. The van der Waals surface area contributed by atoms with Gasteiger partial charge in [-0.25, -0.2) is 8.78 Å². The van der Waals surface area contributed by atoms with Gasteiger partial charge in [0, 0.05) is 11.3 Å². The highest BCUT2D eigenvalue weighted by molar-refractivity contribution is 6.17. The van der Waals surface area contributed by atoms with Crippen LogP contribution in [0.2, 0.25) is 0 Å². The molecule has 0 aliphatic heterocycles. The van der Waals surface area contributed by atoms with E-state index in [2.05, 4.69) is 26.0 Å². The minimum Gasteiger partial charge on any atom is -0.494 e. The predicted molar refractivity (Wildman–Crippen MR) is 102 cm³/mol. The molecule has 0 radical (unpaired) electrons. The molecule has 1 atom stereocenters. The van der Waals surface area contributed by atoms with Crippen LogP contribution < -0.4 is 9.47 Å². The van der Waals surface area contributed by atoms with Crippen LogP contribution in [0.1, 0.15) is 31.4 Å². The van der Waals surface area contributed by atoms with Gasteiger partial charge in [0.05, 0.1) is 6.61 Å². The molecule has 0 heterocycles. The minimum atomic E-state index is -1.59. The third kappa shape index (κ3) is 5.60. The summed E-state index contributed by atoms with van der Waals surface area (Å²) in [6, 6.07) is 15.5. The van der Waals surface area contributed by atoms with Crippen LogP contribution >= 0.6 is 11.6 Å². The Morgan fingerprint density at radius 2 is 1.42 bits per heavy atom. The van der Waals surface area contributed by atoms with Gasteiger partial charge in [-0.1, -0.05) is 38.1 Å². The Labute approximate surface area is 159 Å². The van der Waals surface area contributed by atoms with Gasteiger partial charge in [0.2, 0.25) is 0 Å². The number of benzene rings is 2. The van der Waals surface area contributed by atoms with Crippen LogP contribution in [-0.2, 0) is 5.41 Å². The second-order valence-electron chi connectivity index (χ2n) is 6.63. The molecule has 0 aliphatic rings. The maximum atomic E-state index is 12.9. The van der Waals surface area contributed by atoms with Crippen LogP contribution in [0.3, 0.4) is 0 Å². The van der Waals surface area contributed by atoms with E-state index < -0.39 is 12.8 Å². The van der Waals surface area contributed by atoms with Gasteiger partial charge in [-0.05, 0) is 41.8 Å². The SMILES string of the molecule is CC(C)(c1ccc(OCCCCl)cc1)c1ccc(OC[C@H](F)CF)cc1. The van der Waals surface area contributed by atoms with Crippen molar-refractivity contribution < 1.29 is 18.3 Å². The van der Waals surface area contributed by atoms with Crippen LogP contribution in [0.25, 0.3) is 0 Å². The van der Waals surface area contributed by atoms with Gasteiger partial charge in [-0.2, -0.15) is 0 Å². The summed E-state index contributed by atoms with van der Waals surface area (Å²) in [7, 11) is 0. The fourth-order valence-corrected chi connectivity index (χ4v) is 2.69. The zero-order valence-corrected chi connectivity index (χ0v) is 15.9. The molecule has 2 rings (SSSR count). The van der Waals surface area contributed by atoms with Crippen molar-refractivity contribution >= 4 is 11.6 Å². The summed E-state index contributed by atoms with van der Waals surface area (Å²) in [5.74, 6) is 1.95. The highest BCUT2D eigenvalue weighted by atomic mass is 35.5. The lowest BCUT2D eigenvalue weighted by atomic mass is 9.78. The van der Waals surface area contributed by atoms with Gasteiger partial charge in [0.25, 0.3) is 0 Å². The van der Waals surface area contributed by atoms with Crippen LogP contribution in [0.15, 0.2) is 48.5 Å². The van der Waals surface area contributed by atoms with Crippen molar-refractivity contribution in [3.05, 3.63) is 59.7 Å². The van der Waals surface area contributed by atoms with Crippen molar-refractivity contribution in [1.82, 2.24) is 0 Å². The van der Waals surface area contributed by atoms with Gasteiger partial charge < -0.3 is 9.47 Å². The Balaban J connectivity index is 2.04. The van der Waals surface area contributed by atoms with Crippen molar-refractivity contribution in [2.75, 3.05) is 25.8 Å². The van der Waals surface area contributed by atoms with Crippen molar-refractivity contribution in [1.29, 1.82) is 0 Å². The fraction of sp³-hybridized carbons (Fsp3) is 0.429. The molecule has 0 bridgehead atoms. The van der Waals surface area contributed by atoms with Crippen LogP contribution in [0.4, 0.5) is 8.78 Å². The Hall–Kier alpha value is -1.81. The third-order valence-corrected chi connectivity index (χ3v) is 4.56. The molecule has 0 spiro atoms. The van der Waals surface area contributed by atoms with Gasteiger partial charge in [-0.15, -0.1) is 11.6 Å². The zero-order valence-electron chi connectivity index (χ0n) is 15.2. The van der Waals surface area contributed by atoms with E-state index in [-0.39, 0.29) is 12.0 Å². The van der Waals surface area contributed by atoms with Crippen molar-refractivity contribution in [3.63, 3.8) is 0 Å². The third-order valence-electron chi connectivity index (χ3n) is 4.30. The summed E-state index contributed by atoms with van der Waals surface area (Å²) in [5, 5.41) is 0. The average molecular weight is 383 g/mol. The Bertz CT molecular complexity index is 657. The first kappa shape index (κ1) is 20.5. The molecular formula is C21H25ClF2O2. The monoisotopic (exact) mass is 382 g/mol. The molecule has 0 unspecified atom stereocenters. The highest BCUT2D eigenvalue weighted by Gasteiger charge is 2.23. The van der Waals surface area contributed by atoms with E-state index in [0.717, 1.165) is 23.3 Å². The predicted octanol–water partition coefficient (Wildman–Crippen LogP) is 5.71. The first-order valence-electron chi connectivity index (χ1n) is 8.70. The van der Waals surface area contributed by atoms with Gasteiger partial charge in [0.1, 0.15) is 24.8 Å². The van der Waals surface area contributed by atoms with E-state index in [1.54, 1.807) is 12.1 Å². The second-order valence-corrected chi connectivity index (χ2v) is 7.01. The van der Waals surface area contributed by atoms with Gasteiger partial charge >= 0.3 is 0 Å². The van der Waals surface area contributed by atoms with Crippen molar-refractivity contribution in [2.45, 2.75) is 31.9 Å². The van der Waals surface area contributed by atoms with E-state index in [0.29, 0.717) is 18.2 Å². The lowest BCUT2D eigenvalue weighted by Crippen LogP contribution is -2.19. The maximum Gasteiger partial charge on any atom is 0.162 e. The summed E-state index contributed by atoms with van der Waals surface area (Å²) >= 11 is 5.65. The number of ether oxygens (including phenoxy) is 2. The molecule has 0 fully saturated rings. The second kappa shape index (κ2) is 9.77. The Morgan fingerprint density at radius 3 is 1.88 bits per heavy atom. The normalized spacial score (nSPS) is 12.7.